The number of halogens is 1. The molecule has 0 saturated carbocycles. The lowest BCUT2D eigenvalue weighted by molar-refractivity contribution is 0.168. The lowest BCUT2D eigenvalue weighted by Gasteiger charge is -2.05. The van der Waals surface area contributed by atoms with E-state index in [4.69, 9.17) is 22.1 Å². The number of ether oxygens (including phenoxy) is 1. The summed E-state index contributed by atoms with van der Waals surface area (Å²) in [6, 6.07) is 0. The minimum absolute atomic E-state index is 0.204. The van der Waals surface area contributed by atoms with E-state index >= 15 is 0 Å². The first kappa shape index (κ1) is 12.3. The number of carbonyl (C=O) groups excluding carboxylic acids is 1. The molecule has 1 amide bonds. The molecule has 6 heteroatoms. The molecule has 0 aliphatic carbocycles. The third-order valence-electron chi connectivity index (χ3n) is 1.83. The summed E-state index contributed by atoms with van der Waals surface area (Å²) in [4.78, 5) is 11.2. The van der Waals surface area contributed by atoms with E-state index in [0.717, 1.165) is 16.1 Å². The maximum atomic E-state index is 11.2. The van der Waals surface area contributed by atoms with E-state index in [2.05, 4.69) is 5.32 Å². The molecule has 1 heterocycles. The van der Waals surface area contributed by atoms with Crippen LogP contribution in [0.4, 0.5) is 9.80 Å². The first-order chi connectivity index (χ1) is 7.19. The Bertz CT molecular complexity index is 341. The quantitative estimate of drug-likeness (QED) is 0.804. The van der Waals surface area contributed by atoms with Gasteiger partial charge >= 0.3 is 6.09 Å². The molecule has 0 spiro atoms. The van der Waals surface area contributed by atoms with Gasteiger partial charge in [0, 0.05) is 12.1 Å². The third kappa shape index (κ3) is 3.37. The molecular formula is C9H13ClN2O2S. The van der Waals surface area contributed by atoms with Gasteiger partial charge in [-0.1, -0.05) is 0 Å². The largest absolute Gasteiger partial charge is 0.448 e. The minimum Gasteiger partial charge on any atom is -0.448 e. The molecule has 0 aromatic carbocycles. The van der Waals surface area contributed by atoms with Crippen molar-refractivity contribution in [1.82, 2.24) is 0 Å². The molecule has 0 bridgehead atoms. The molecule has 0 atom stereocenters. The van der Waals surface area contributed by atoms with Gasteiger partial charge in [0.25, 0.3) is 0 Å². The molecule has 3 N–H and O–H groups in total. The van der Waals surface area contributed by atoms with E-state index in [0.29, 0.717) is 12.4 Å². The summed E-state index contributed by atoms with van der Waals surface area (Å²) in [6.07, 6.45) is -0.493. The predicted octanol–water partition coefficient (Wildman–Crippen LogP) is 2.30. The number of aryl methyl sites for hydroxylation is 1. The molecular weight excluding hydrogens is 236 g/mol. The van der Waals surface area contributed by atoms with E-state index in [9.17, 15) is 4.79 Å². The van der Waals surface area contributed by atoms with Crippen LogP contribution in [0.1, 0.15) is 11.1 Å². The van der Waals surface area contributed by atoms with Gasteiger partial charge in [-0.05, 0) is 17.9 Å². The van der Waals surface area contributed by atoms with Gasteiger partial charge in [-0.15, -0.1) is 22.9 Å². The Kier molecular flexibility index (Phi) is 4.87. The number of nitrogens with one attached hydrogen (secondary N) is 1. The highest BCUT2D eigenvalue weighted by molar-refractivity contribution is 7.14. The summed E-state index contributed by atoms with van der Waals surface area (Å²) in [7, 11) is 0. The topological polar surface area (TPSA) is 64.3 Å². The molecule has 1 aromatic heterocycles. The fourth-order valence-electron chi connectivity index (χ4n) is 1.09. The summed E-state index contributed by atoms with van der Waals surface area (Å²) in [5, 5.41) is 5.32. The Labute approximate surface area is 97.4 Å². The molecule has 0 fully saturated rings. The molecule has 0 aliphatic heterocycles. The Hall–Kier alpha value is -0.780. The van der Waals surface area contributed by atoms with Crippen molar-refractivity contribution in [2.45, 2.75) is 13.5 Å². The van der Waals surface area contributed by atoms with E-state index in [1.54, 1.807) is 0 Å². The Morgan fingerprint density at radius 2 is 2.47 bits per heavy atom. The molecule has 1 rings (SSSR count). The van der Waals surface area contributed by atoms with Crippen LogP contribution >= 0.6 is 22.9 Å². The van der Waals surface area contributed by atoms with Crippen molar-refractivity contribution < 1.29 is 9.53 Å². The molecule has 0 aliphatic rings. The molecule has 0 saturated heterocycles. The number of hydrogen-bond acceptors (Lipinski definition) is 4. The standard InChI is InChI=1S/C9H13ClN2O2S/c1-6-5-15-8(7(6)4-11)12-9(13)14-3-2-10/h5H,2-4,11H2,1H3,(H,12,13). The zero-order chi connectivity index (χ0) is 11.3. The van der Waals surface area contributed by atoms with Crippen molar-refractivity contribution in [1.29, 1.82) is 0 Å². The Morgan fingerprint density at radius 1 is 1.73 bits per heavy atom. The summed E-state index contributed by atoms with van der Waals surface area (Å²) in [6.45, 7) is 2.56. The highest BCUT2D eigenvalue weighted by Crippen LogP contribution is 2.27. The van der Waals surface area contributed by atoms with Gasteiger partial charge < -0.3 is 10.5 Å². The normalized spacial score (nSPS) is 10.1. The second kappa shape index (κ2) is 5.95. The van der Waals surface area contributed by atoms with Crippen molar-refractivity contribution in [3.05, 3.63) is 16.5 Å². The van der Waals surface area contributed by atoms with E-state index in [-0.39, 0.29) is 6.61 Å². The van der Waals surface area contributed by atoms with Gasteiger partial charge in [-0.25, -0.2) is 4.79 Å². The number of thiophene rings is 1. The van der Waals surface area contributed by atoms with Crippen LogP contribution in [-0.4, -0.2) is 18.6 Å². The number of hydrogen-bond donors (Lipinski definition) is 2. The summed E-state index contributed by atoms with van der Waals surface area (Å²) in [5.41, 5.74) is 7.59. The number of rotatable bonds is 4. The highest BCUT2D eigenvalue weighted by Gasteiger charge is 2.10. The van der Waals surface area contributed by atoms with Gasteiger partial charge in [-0.2, -0.15) is 0 Å². The first-order valence-electron chi connectivity index (χ1n) is 4.45. The van der Waals surface area contributed by atoms with Crippen molar-refractivity contribution in [3.8, 4) is 0 Å². The Morgan fingerprint density at radius 3 is 3.07 bits per heavy atom. The average Bonchev–Trinajstić information content (AvgIpc) is 2.56. The summed E-state index contributed by atoms with van der Waals surface area (Å²) >= 11 is 6.83. The van der Waals surface area contributed by atoms with E-state index in [1.807, 2.05) is 12.3 Å². The average molecular weight is 249 g/mol. The first-order valence-corrected chi connectivity index (χ1v) is 5.87. The second-order valence-corrected chi connectivity index (χ2v) is 4.14. The molecule has 0 unspecified atom stereocenters. The van der Waals surface area contributed by atoms with Crippen molar-refractivity contribution in [3.63, 3.8) is 0 Å². The van der Waals surface area contributed by atoms with Crippen molar-refractivity contribution >= 4 is 34.0 Å². The van der Waals surface area contributed by atoms with Crippen LogP contribution in [-0.2, 0) is 11.3 Å². The number of anilines is 1. The van der Waals surface area contributed by atoms with Crippen LogP contribution in [0.25, 0.3) is 0 Å². The summed E-state index contributed by atoms with van der Waals surface area (Å²) in [5.74, 6) is 0.292. The van der Waals surface area contributed by atoms with E-state index < -0.39 is 6.09 Å². The minimum atomic E-state index is -0.493. The SMILES string of the molecule is Cc1csc(NC(=O)OCCCl)c1CN. The second-order valence-electron chi connectivity index (χ2n) is 2.88. The molecule has 4 nitrogen and oxygen atoms in total. The number of amides is 1. The van der Waals surface area contributed by atoms with Crippen LogP contribution in [0.3, 0.4) is 0 Å². The van der Waals surface area contributed by atoms with Crippen molar-refractivity contribution in [2.75, 3.05) is 17.8 Å². The number of carbonyl (C=O) groups is 1. The Balaban J connectivity index is 2.60. The van der Waals surface area contributed by atoms with Crippen LogP contribution < -0.4 is 11.1 Å². The van der Waals surface area contributed by atoms with Crippen LogP contribution in [0.15, 0.2) is 5.38 Å². The van der Waals surface area contributed by atoms with Crippen LogP contribution in [0, 0.1) is 6.92 Å². The number of nitrogens with two attached hydrogens (primary N) is 1. The van der Waals surface area contributed by atoms with Gasteiger partial charge in [0.05, 0.1) is 5.88 Å². The zero-order valence-corrected chi connectivity index (χ0v) is 9.95. The maximum Gasteiger partial charge on any atom is 0.412 e. The lowest BCUT2D eigenvalue weighted by atomic mass is 10.2. The fraction of sp³-hybridized carbons (Fsp3) is 0.444. The monoisotopic (exact) mass is 248 g/mol. The smallest absolute Gasteiger partial charge is 0.412 e. The predicted molar refractivity (Wildman–Crippen MR) is 62.6 cm³/mol. The highest BCUT2D eigenvalue weighted by atomic mass is 35.5. The van der Waals surface area contributed by atoms with Gasteiger partial charge in [0.15, 0.2) is 0 Å². The van der Waals surface area contributed by atoms with E-state index in [1.165, 1.54) is 11.3 Å². The molecule has 1 aromatic rings. The maximum absolute atomic E-state index is 11.2. The van der Waals surface area contributed by atoms with Crippen molar-refractivity contribution in [2.24, 2.45) is 5.73 Å². The van der Waals surface area contributed by atoms with Gasteiger partial charge in [-0.3, -0.25) is 5.32 Å². The third-order valence-corrected chi connectivity index (χ3v) is 3.04. The van der Waals surface area contributed by atoms with Crippen LogP contribution in [0.2, 0.25) is 0 Å². The summed E-state index contributed by atoms with van der Waals surface area (Å²) < 4.78 is 4.79. The molecule has 15 heavy (non-hydrogen) atoms. The molecule has 84 valence electrons. The number of alkyl halides is 1. The van der Waals surface area contributed by atoms with Gasteiger partial charge in [0.1, 0.15) is 11.6 Å². The zero-order valence-electron chi connectivity index (χ0n) is 8.38. The fourth-order valence-corrected chi connectivity index (χ4v) is 2.13. The van der Waals surface area contributed by atoms with Crippen LogP contribution in [0.5, 0.6) is 0 Å². The lowest BCUT2D eigenvalue weighted by Crippen LogP contribution is -2.15. The van der Waals surface area contributed by atoms with Gasteiger partial charge in [0.2, 0.25) is 0 Å². The molecule has 0 radical (unpaired) electrons.